The van der Waals surface area contributed by atoms with Gasteiger partial charge in [0, 0.05) is 18.0 Å². The Kier molecular flexibility index (Phi) is 3.23. The topological polar surface area (TPSA) is 30.0 Å². The van der Waals surface area contributed by atoms with Crippen molar-refractivity contribution in [3.63, 3.8) is 0 Å². The van der Waals surface area contributed by atoms with Gasteiger partial charge in [0.1, 0.15) is 0 Å². The Labute approximate surface area is 96.9 Å². The molecule has 0 radical (unpaired) electrons. The molecule has 86 valence electrons. The van der Waals surface area contributed by atoms with Crippen molar-refractivity contribution in [1.29, 1.82) is 0 Å². The van der Waals surface area contributed by atoms with Crippen molar-refractivity contribution in [2.75, 3.05) is 0 Å². The number of aromatic nitrogens is 1. The average molecular weight is 233 g/mol. The van der Waals surface area contributed by atoms with Crippen LogP contribution >= 0.6 is 0 Å². The van der Waals surface area contributed by atoms with Crippen LogP contribution < -0.4 is 0 Å². The second kappa shape index (κ2) is 4.82. The summed E-state index contributed by atoms with van der Waals surface area (Å²) in [6, 6.07) is 9.72. The number of benzene rings is 1. The summed E-state index contributed by atoms with van der Waals surface area (Å²) >= 11 is 0. The number of ketones is 1. The molecule has 2 nitrogen and oxygen atoms in total. The van der Waals surface area contributed by atoms with E-state index in [0.29, 0.717) is 0 Å². The molecule has 0 spiro atoms. The molecule has 0 amide bonds. The number of carbonyl (C=O) groups is 1. The van der Waals surface area contributed by atoms with Gasteiger partial charge < -0.3 is 0 Å². The molecular formula is C13H9F2NO. The third kappa shape index (κ3) is 2.53. The molecule has 1 aromatic carbocycles. The predicted molar refractivity (Wildman–Crippen MR) is 60.0 cm³/mol. The van der Waals surface area contributed by atoms with Gasteiger partial charge in [0.2, 0.25) is 5.78 Å². The maximum Gasteiger partial charge on any atom is 0.300 e. The van der Waals surface area contributed by atoms with Gasteiger partial charge >= 0.3 is 6.43 Å². The molecule has 17 heavy (non-hydrogen) atoms. The van der Waals surface area contributed by atoms with Crippen LogP contribution in [0.15, 0.2) is 48.8 Å². The van der Waals surface area contributed by atoms with Crippen LogP contribution in [0, 0.1) is 0 Å². The Bertz CT molecular complexity index is 509. The lowest BCUT2D eigenvalue weighted by Crippen LogP contribution is -2.09. The number of rotatable bonds is 3. The first-order chi connectivity index (χ1) is 8.18. The molecule has 0 aliphatic rings. The summed E-state index contributed by atoms with van der Waals surface area (Å²) in [7, 11) is 0. The number of halogens is 2. The SMILES string of the molecule is O=C(c1ccc(-c2ccncc2)cc1)C(F)F. The van der Waals surface area contributed by atoms with Crippen LogP contribution in [-0.2, 0) is 0 Å². The minimum Gasteiger partial charge on any atom is -0.288 e. The van der Waals surface area contributed by atoms with Gasteiger partial charge in [-0.15, -0.1) is 0 Å². The number of carbonyl (C=O) groups excluding carboxylic acids is 1. The van der Waals surface area contributed by atoms with Crippen LogP contribution in [0.25, 0.3) is 11.1 Å². The van der Waals surface area contributed by atoms with Crippen LogP contribution in [0.1, 0.15) is 10.4 Å². The molecule has 0 unspecified atom stereocenters. The summed E-state index contributed by atoms with van der Waals surface area (Å²) in [5.41, 5.74) is 1.81. The van der Waals surface area contributed by atoms with E-state index >= 15 is 0 Å². The van der Waals surface area contributed by atoms with E-state index in [1.165, 1.54) is 12.1 Å². The lowest BCUT2D eigenvalue weighted by Gasteiger charge is -2.03. The summed E-state index contributed by atoms with van der Waals surface area (Å²) < 4.78 is 24.4. The van der Waals surface area contributed by atoms with E-state index in [1.54, 1.807) is 24.5 Å². The molecule has 0 bridgehead atoms. The largest absolute Gasteiger partial charge is 0.300 e. The zero-order chi connectivity index (χ0) is 12.3. The van der Waals surface area contributed by atoms with Crippen LogP contribution in [0.3, 0.4) is 0 Å². The fraction of sp³-hybridized carbons (Fsp3) is 0.0769. The highest BCUT2D eigenvalue weighted by Gasteiger charge is 2.17. The van der Waals surface area contributed by atoms with Gasteiger partial charge in [-0.3, -0.25) is 9.78 Å². The molecule has 2 aromatic rings. The molecule has 2 rings (SSSR count). The Balaban J connectivity index is 2.28. The first kappa shape index (κ1) is 11.4. The first-order valence-corrected chi connectivity index (χ1v) is 5.01. The number of Topliss-reactive ketones (excluding diaryl/α,β-unsaturated/α-hetero) is 1. The number of alkyl halides is 2. The maximum atomic E-state index is 12.2. The van der Waals surface area contributed by atoms with E-state index in [-0.39, 0.29) is 5.56 Å². The monoisotopic (exact) mass is 233 g/mol. The highest BCUT2D eigenvalue weighted by molar-refractivity contribution is 5.98. The summed E-state index contributed by atoms with van der Waals surface area (Å²) in [6.07, 6.45) is 0.336. The Morgan fingerprint density at radius 2 is 1.47 bits per heavy atom. The third-order valence-corrected chi connectivity index (χ3v) is 2.38. The molecule has 1 heterocycles. The fourth-order valence-corrected chi connectivity index (χ4v) is 1.50. The van der Waals surface area contributed by atoms with Crippen molar-refractivity contribution in [3.8, 4) is 11.1 Å². The average Bonchev–Trinajstić information content (AvgIpc) is 2.39. The van der Waals surface area contributed by atoms with Crippen molar-refractivity contribution < 1.29 is 13.6 Å². The zero-order valence-corrected chi connectivity index (χ0v) is 8.81. The van der Waals surface area contributed by atoms with E-state index in [0.717, 1.165) is 11.1 Å². The molecule has 0 saturated carbocycles. The fourth-order valence-electron chi connectivity index (χ4n) is 1.50. The van der Waals surface area contributed by atoms with Gasteiger partial charge in [-0.05, 0) is 23.3 Å². The second-order valence-corrected chi connectivity index (χ2v) is 3.48. The smallest absolute Gasteiger partial charge is 0.288 e. The van der Waals surface area contributed by atoms with Crippen LogP contribution in [0.2, 0.25) is 0 Å². The highest BCUT2D eigenvalue weighted by Crippen LogP contribution is 2.19. The predicted octanol–water partition coefficient (Wildman–Crippen LogP) is 3.20. The number of hydrogen-bond acceptors (Lipinski definition) is 2. The van der Waals surface area contributed by atoms with Gasteiger partial charge in [-0.2, -0.15) is 0 Å². The molecule has 1 aromatic heterocycles. The molecular weight excluding hydrogens is 224 g/mol. The standard InChI is InChI=1S/C13H9F2NO/c14-13(15)12(17)11-3-1-9(2-4-11)10-5-7-16-8-6-10/h1-8,13H. The van der Waals surface area contributed by atoms with Gasteiger partial charge in [-0.1, -0.05) is 24.3 Å². The molecule has 0 aliphatic carbocycles. The quantitative estimate of drug-likeness (QED) is 0.762. The minimum atomic E-state index is -2.96. The zero-order valence-electron chi connectivity index (χ0n) is 8.81. The minimum absolute atomic E-state index is 0.0257. The molecule has 0 fully saturated rings. The van der Waals surface area contributed by atoms with E-state index in [4.69, 9.17) is 0 Å². The van der Waals surface area contributed by atoms with Crippen molar-refractivity contribution in [2.45, 2.75) is 6.43 Å². The van der Waals surface area contributed by atoms with Gasteiger partial charge in [0.05, 0.1) is 0 Å². The Morgan fingerprint density at radius 3 is 2.00 bits per heavy atom. The van der Waals surface area contributed by atoms with Crippen LogP contribution in [0.4, 0.5) is 8.78 Å². The number of pyridine rings is 1. The summed E-state index contributed by atoms with van der Waals surface area (Å²) in [5.74, 6) is -1.15. The Hall–Kier alpha value is -2.10. The third-order valence-electron chi connectivity index (χ3n) is 2.38. The lowest BCUT2D eigenvalue weighted by molar-refractivity contribution is 0.0679. The van der Waals surface area contributed by atoms with Crippen molar-refractivity contribution in [3.05, 3.63) is 54.4 Å². The Morgan fingerprint density at radius 1 is 0.941 bits per heavy atom. The molecule has 0 N–H and O–H groups in total. The van der Waals surface area contributed by atoms with Crippen LogP contribution in [-0.4, -0.2) is 17.2 Å². The summed E-state index contributed by atoms with van der Waals surface area (Å²) in [6.45, 7) is 0. The van der Waals surface area contributed by atoms with Gasteiger partial charge in [-0.25, -0.2) is 8.78 Å². The number of hydrogen-bond donors (Lipinski definition) is 0. The van der Waals surface area contributed by atoms with Gasteiger partial charge in [0.15, 0.2) is 0 Å². The van der Waals surface area contributed by atoms with E-state index in [1.807, 2.05) is 12.1 Å². The van der Waals surface area contributed by atoms with Crippen molar-refractivity contribution >= 4 is 5.78 Å². The second-order valence-electron chi connectivity index (χ2n) is 3.48. The van der Waals surface area contributed by atoms with Crippen molar-refractivity contribution in [2.24, 2.45) is 0 Å². The number of nitrogens with zero attached hydrogens (tertiary/aromatic N) is 1. The summed E-state index contributed by atoms with van der Waals surface area (Å²) in [4.78, 5) is 14.9. The van der Waals surface area contributed by atoms with E-state index in [9.17, 15) is 13.6 Å². The van der Waals surface area contributed by atoms with E-state index in [2.05, 4.69) is 4.98 Å². The van der Waals surface area contributed by atoms with Crippen molar-refractivity contribution in [1.82, 2.24) is 4.98 Å². The molecule has 4 heteroatoms. The lowest BCUT2D eigenvalue weighted by atomic mass is 10.0. The van der Waals surface area contributed by atoms with Crippen LogP contribution in [0.5, 0.6) is 0 Å². The normalized spacial score (nSPS) is 10.5. The van der Waals surface area contributed by atoms with Gasteiger partial charge in [0.25, 0.3) is 0 Å². The maximum absolute atomic E-state index is 12.2. The summed E-state index contributed by atoms with van der Waals surface area (Å²) in [5, 5.41) is 0. The molecule has 0 atom stereocenters. The highest BCUT2D eigenvalue weighted by atomic mass is 19.3. The van der Waals surface area contributed by atoms with E-state index < -0.39 is 12.2 Å². The molecule has 0 aliphatic heterocycles. The first-order valence-electron chi connectivity index (χ1n) is 5.01. The molecule has 0 saturated heterocycles.